The Labute approximate surface area is 203 Å². The molecular formula is C23H23ClFNO5. The molecule has 0 aliphatic rings. The lowest BCUT2D eigenvalue weighted by Crippen LogP contribution is -2.25. The maximum atomic E-state index is 15.0. The van der Waals surface area contributed by atoms with Crippen LogP contribution in [0.25, 0.3) is 10.9 Å². The van der Waals surface area contributed by atoms with E-state index in [-0.39, 0.29) is 10.8 Å². The quantitative estimate of drug-likeness (QED) is 0.548. The summed E-state index contributed by atoms with van der Waals surface area (Å²) in [5, 5.41) is 18.8. The molecule has 1 heterocycles. The highest BCUT2D eigenvalue weighted by Gasteiger charge is 2.23. The third-order valence-corrected chi connectivity index (χ3v) is 4.61. The van der Waals surface area contributed by atoms with Crippen LogP contribution >= 0.6 is 11.6 Å². The van der Waals surface area contributed by atoms with Crippen molar-refractivity contribution in [2.75, 3.05) is 13.6 Å². The van der Waals surface area contributed by atoms with Crippen molar-refractivity contribution in [2.24, 2.45) is 5.92 Å². The van der Waals surface area contributed by atoms with Crippen LogP contribution in [-0.2, 0) is 6.37 Å². The zero-order valence-corrected chi connectivity index (χ0v) is 16.1. The first-order chi connectivity index (χ1) is 20.1. The van der Waals surface area contributed by atoms with Gasteiger partial charge in [0.25, 0.3) is 0 Å². The monoisotopic (exact) mass is 461 g/mol. The second-order valence-electron chi connectivity index (χ2n) is 6.17. The molecule has 6 nitrogen and oxygen atoms in total. The maximum Gasteiger partial charge on any atom is 0.341 e. The molecule has 0 amide bonds. The predicted octanol–water partition coefficient (Wildman–Crippen LogP) is 4.28. The van der Waals surface area contributed by atoms with E-state index in [1.165, 1.54) is 0 Å². The Kier molecular flexibility index (Phi) is 3.11. The molecule has 0 aliphatic carbocycles. The number of hydrogen-bond acceptors (Lipinski definition) is 4. The van der Waals surface area contributed by atoms with E-state index < -0.39 is 101 Å². The highest BCUT2D eigenvalue weighted by molar-refractivity contribution is 6.30. The van der Waals surface area contributed by atoms with Gasteiger partial charge in [0.15, 0.2) is 0 Å². The van der Waals surface area contributed by atoms with Crippen LogP contribution in [0.1, 0.15) is 60.4 Å². The van der Waals surface area contributed by atoms with Crippen molar-refractivity contribution in [3.8, 4) is 5.75 Å². The number of carbonyl (C=O) groups is 1. The van der Waals surface area contributed by atoms with Gasteiger partial charge in [0.05, 0.1) is 38.4 Å². The van der Waals surface area contributed by atoms with Crippen LogP contribution in [0.15, 0.2) is 41.3 Å². The SMILES string of the molecule is [2H]C([2H])([2H])Oc1cc2c(cc1C([2H])([2H])c1cccc(Cl)c1F)c(=O)c(C(=O)O)cn2[C@@]([2H])(C(C([2H])([2H])[2H])C([2H])([2H])[2H])C([2H])([2H])O. The number of benzene rings is 2. The number of hydrogen-bond donors (Lipinski definition) is 2. The largest absolute Gasteiger partial charge is 0.496 e. The molecule has 31 heavy (non-hydrogen) atoms. The van der Waals surface area contributed by atoms with Crippen molar-refractivity contribution in [2.45, 2.75) is 26.1 Å². The Bertz CT molecular complexity index is 1700. The summed E-state index contributed by atoms with van der Waals surface area (Å²) in [6.07, 6.45) is -2.91. The third-order valence-electron chi connectivity index (χ3n) is 4.31. The molecular weight excluding hydrogens is 425 g/mol. The minimum atomic E-state index is -4.14. The number of halogens is 2. The predicted molar refractivity (Wildman–Crippen MR) is 117 cm³/mol. The number of aromatic carboxylic acids is 1. The Balaban J connectivity index is 2.70. The van der Waals surface area contributed by atoms with Crippen molar-refractivity contribution in [1.82, 2.24) is 4.57 Å². The van der Waals surface area contributed by atoms with Crippen LogP contribution in [0.3, 0.4) is 0 Å². The Morgan fingerprint density at radius 1 is 1.39 bits per heavy atom. The van der Waals surface area contributed by atoms with E-state index in [4.69, 9.17) is 35.5 Å². The van der Waals surface area contributed by atoms with E-state index >= 15 is 4.39 Å². The minimum absolute atomic E-state index is 0.0301. The normalized spacial score (nSPS) is 22.2. The summed E-state index contributed by atoms with van der Waals surface area (Å²) in [6.45, 7) is -11.7. The van der Waals surface area contributed by atoms with Gasteiger partial charge in [-0.1, -0.05) is 37.4 Å². The first-order valence-corrected chi connectivity index (χ1v) is 8.78. The average Bonchev–Trinajstić information content (AvgIpc) is 2.81. The van der Waals surface area contributed by atoms with E-state index in [0.29, 0.717) is 12.1 Å². The molecule has 0 saturated heterocycles. The van der Waals surface area contributed by atoms with E-state index in [1.807, 2.05) is 0 Å². The second kappa shape index (κ2) is 9.08. The summed E-state index contributed by atoms with van der Waals surface area (Å²) < 4.78 is 132. The van der Waals surface area contributed by atoms with Gasteiger partial charge in [-0.25, -0.2) is 9.18 Å². The van der Waals surface area contributed by atoms with Gasteiger partial charge in [0, 0.05) is 35.0 Å². The molecule has 0 unspecified atom stereocenters. The first-order valence-electron chi connectivity index (χ1n) is 15.4. The molecule has 8 heteroatoms. The molecule has 1 aromatic heterocycles. The zero-order valence-electron chi connectivity index (χ0n) is 29.4. The van der Waals surface area contributed by atoms with Gasteiger partial charge < -0.3 is 19.5 Å². The number of carboxylic acid groups (broad SMARTS) is 1. The van der Waals surface area contributed by atoms with Crippen LogP contribution in [-0.4, -0.2) is 34.3 Å². The molecule has 0 bridgehead atoms. The molecule has 2 N–H and O–H groups in total. The number of ether oxygens (including phenoxy) is 1. The average molecular weight is 462 g/mol. The molecule has 3 rings (SSSR count). The van der Waals surface area contributed by atoms with E-state index in [2.05, 4.69) is 0 Å². The number of carboxylic acids is 1. The molecule has 2 aromatic carbocycles. The standard InChI is InChI=1S/C23H23ClFNO5/c1-12(2)19(11-27)26-10-16(23(29)30)22(28)15-8-14(20(31-3)9-18(15)26)7-13-5-4-6-17(24)21(13)25/h4-6,8-10,12,19,27H,7,11H2,1-3H3,(H,29,30)/t19-/m1/s1/i1D3,2D3,3D3,7D2,11D2,19D. The summed E-state index contributed by atoms with van der Waals surface area (Å²) in [5.74, 6) is -7.52. The Hall–Kier alpha value is -2.90. The lowest BCUT2D eigenvalue weighted by atomic mass is 9.98. The van der Waals surface area contributed by atoms with Crippen molar-refractivity contribution in [3.05, 3.63) is 74.3 Å². The summed E-state index contributed by atoms with van der Waals surface area (Å²) >= 11 is 5.79. The maximum absolute atomic E-state index is 15.0. The van der Waals surface area contributed by atoms with Crippen LogP contribution < -0.4 is 10.2 Å². The number of nitrogens with zero attached hydrogens (tertiary/aromatic N) is 1. The lowest BCUT2D eigenvalue weighted by Gasteiger charge is -2.25. The zero-order chi connectivity index (χ0) is 34.9. The van der Waals surface area contributed by atoms with Crippen LogP contribution in [0.4, 0.5) is 4.39 Å². The molecule has 0 fully saturated rings. The van der Waals surface area contributed by atoms with Crippen molar-refractivity contribution < 1.29 is 43.3 Å². The smallest absolute Gasteiger partial charge is 0.341 e. The topological polar surface area (TPSA) is 88.8 Å². The number of pyridine rings is 1. The van der Waals surface area contributed by atoms with Gasteiger partial charge in [-0.15, -0.1) is 0 Å². The molecule has 0 saturated carbocycles. The van der Waals surface area contributed by atoms with Crippen LogP contribution in [0.5, 0.6) is 5.75 Å². The minimum Gasteiger partial charge on any atom is -0.496 e. The summed E-state index contributed by atoms with van der Waals surface area (Å²) in [7, 11) is -3.40. The first kappa shape index (κ1) is 10.6. The fraction of sp³-hybridized carbons (Fsp3) is 0.304. The van der Waals surface area contributed by atoms with Gasteiger partial charge in [-0.3, -0.25) is 4.79 Å². The second-order valence-corrected chi connectivity index (χ2v) is 6.58. The summed E-state index contributed by atoms with van der Waals surface area (Å²) in [4.78, 5) is 25.5. The molecule has 0 radical (unpaired) electrons. The molecule has 164 valence electrons. The third kappa shape index (κ3) is 4.29. The van der Waals surface area contributed by atoms with Gasteiger partial charge >= 0.3 is 5.97 Å². The van der Waals surface area contributed by atoms with E-state index in [0.717, 1.165) is 18.2 Å². The van der Waals surface area contributed by atoms with Crippen molar-refractivity contribution in [3.63, 3.8) is 0 Å². The fourth-order valence-electron chi connectivity index (χ4n) is 2.89. The van der Waals surface area contributed by atoms with Gasteiger partial charge in [-0.05, 0) is 29.2 Å². The Morgan fingerprint density at radius 3 is 2.81 bits per heavy atom. The summed E-state index contributed by atoms with van der Waals surface area (Å²) in [5.41, 5.74) is -5.45. The van der Waals surface area contributed by atoms with E-state index in [1.54, 1.807) is 0 Å². The van der Waals surface area contributed by atoms with Gasteiger partial charge in [0.1, 0.15) is 17.1 Å². The van der Waals surface area contributed by atoms with Gasteiger partial charge in [0.2, 0.25) is 5.43 Å². The number of rotatable bonds is 7. The number of fused-ring (bicyclic) bond motifs is 1. The van der Waals surface area contributed by atoms with Crippen molar-refractivity contribution >= 4 is 28.5 Å². The molecule has 3 aromatic rings. The Morgan fingerprint density at radius 2 is 2.16 bits per heavy atom. The highest BCUT2D eigenvalue weighted by atomic mass is 35.5. The lowest BCUT2D eigenvalue weighted by molar-refractivity contribution is 0.0694. The number of aromatic nitrogens is 1. The number of aliphatic hydroxyl groups is 1. The van der Waals surface area contributed by atoms with Crippen molar-refractivity contribution in [1.29, 1.82) is 0 Å². The highest BCUT2D eigenvalue weighted by Crippen LogP contribution is 2.31. The van der Waals surface area contributed by atoms with Crippen LogP contribution in [0, 0.1) is 11.7 Å². The molecule has 0 aliphatic heterocycles. The fourth-order valence-corrected chi connectivity index (χ4v) is 3.06. The number of methoxy groups -OCH3 is 1. The van der Waals surface area contributed by atoms with Crippen LogP contribution in [0.2, 0.25) is 5.02 Å². The molecule has 1 atom stereocenters. The molecule has 0 spiro atoms. The van der Waals surface area contributed by atoms with E-state index in [9.17, 15) is 19.8 Å². The van der Waals surface area contributed by atoms with Gasteiger partial charge in [-0.2, -0.15) is 0 Å². The summed E-state index contributed by atoms with van der Waals surface area (Å²) in [6, 6.07) is 0.197.